The molecular weight excluding hydrogens is 340 g/mol. The average molecular weight is 377 g/mol. The number of hydrogen-bond donors (Lipinski definition) is 1. The van der Waals surface area contributed by atoms with Crippen molar-refractivity contribution in [1.82, 2.24) is 0 Å². The van der Waals surface area contributed by atoms with Crippen LogP contribution in [0.25, 0.3) is 0 Å². The van der Waals surface area contributed by atoms with E-state index in [0.717, 1.165) is 36.2 Å². The first-order chi connectivity index (χ1) is 13.5. The third-order valence-corrected chi connectivity index (χ3v) is 9.92. The van der Waals surface area contributed by atoms with E-state index in [4.69, 9.17) is 0 Å². The van der Waals surface area contributed by atoms with Crippen LogP contribution in [-0.4, -0.2) is 10.7 Å². The van der Waals surface area contributed by atoms with Crippen molar-refractivity contribution in [3.8, 4) is 11.8 Å². The van der Waals surface area contributed by atoms with Crippen LogP contribution in [0.3, 0.4) is 0 Å². The molecule has 0 aromatic heterocycles. The van der Waals surface area contributed by atoms with Crippen LogP contribution in [0, 0.1) is 46.3 Å². The third-order valence-electron chi connectivity index (χ3n) is 9.92. The van der Waals surface area contributed by atoms with Gasteiger partial charge in [0.05, 0.1) is 0 Å². The van der Waals surface area contributed by atoms with Gasteiger partial charge in [0.25, 0.3) is 0 Å². The standard InChI is InChI=1S/C27H36O/c1-25-16-7-6-10-21(25)11-12-22-23(25)14-17-26(2)24(22)15-19-27(26,28)18-13-20-8-4-3-5-9-20/h3-5,8-9,21-24,28H,6-7,10-12,14-17,19H2,1-2H3/t21-,22+,23-,24+,25+,26+,27+/m0/s1. The van der Waals surface area contributed by atoms with Crippen LogP contribution >= 0.6 is 0 Å². The molecular formula is C27H36O. The van der Waals surface area contributed by atoms with Crippen LogP contribution in [-0.2, 0) is 0 Å². The molecule has 0 unspecified atom stereocenters. The van der Waals surface area contributed by atoms with E-state index in [9.17, 15) is 5.11 Å². The first kappa shape index (κ1) is 18.7. The Morgan fingerprint density at radius 3 is 2.46 bits per heavy atom. The van der Waals surface area contributed by atoms with Gasteiger partial charge in [-0.1, -0.05) is 56.7 Å². The summed E-state index contributed by atoms with van der Waals surface area (Å²) < 4.78 is 0. The molecule has 1 aromatic carbocycles. The Morgan fingerprint density at radius 1 is 0.857 bits per heavy atom. The molecule has 0 bridgehead atoms. The molecule has 150 valence electrons. The molecule has 0 aliphatic heterocycles. The van der Waals surface area contributed by atoms with E-state index in [0.29, 0.717) is 11.3 Å². The van der Waals surface area contributed by atoms with E-state index >= 15 is 0 Å². The molecule has 4 saturated carbocycles. The van der Waals surface area contributed by atoms with Crippen molar-refractivity contribution < 1.29 is 5.11 Å². The second kappa shape index (κ2) is 6.63. The molecule has 4 aliphatic carbocycles. The second-order valence-electron chi connectivity index (χ2n) is 10.9. The summed E-state index contributed by atoms with van der Waals surface area (Å²) in [6.45, 7) is 5.00. The molecule has 0 saturated heterocycles. The van der Waals surface area contributed by atoms with Gasteiger partial charge in [-0.05, 0) is 92.6 Å². The number of rotatable bonds is 0. The molecule has 1 heteroatoms. The lowest BCUT2D eigenvalue weighted by Gasteiger charge is -2.60. The predicted molar refractivity (Wildman–Crippen MR) is 115 cm³/mol. The monoisotopic (exact) mass is 376 g/mol. The summed E-state index contributed by atoms with van der Waals surface area (Å²) in [5, 5.41) is 11.7. The van der Waals surface area contributed by atoms with E-state index < -0.39 is 5.60 Å². The largest absolute Gasteiger partial charge is 0.377 e. The first-order valence-corrected chi connectivity index (χ1v) is 11.8. The van der Waals surface area contributed by atoms with Gasteiger partial charge in [-0.25, -0.2) is 0 Å². The van der Waals surface area contributed by atoms with Crippen molar-refractivity contribution in [2.45, 2.75) is 83.7 Å². The fourth-order valence-electron chi connectivity index (χ4n) is 8.21. The molecule has 1 aromatic rings. The minimum Gasteiger partial charge on any atom is -0.377 e. The quantitative estimate of drug-likeness (QED) is 0.534. The highest BCUT2D eigenvalue weighted by molar-refractivity contribution is 5.38. The Bertz CT molecular complexity index is 787. The summed E-state index contributed by atoms with van der Waals surface area (Å²) in [6, 6.07) is 10.2. The van der Waals surface area contributed by atoms with Gasteiger partial charge in [0, 0.05) is 11.0 Å². The first-order valence-electron chi connectivity index (χ1n) is 11.8. The zero-order chi connectivity index (χ0) is 19.4. The Hall–Kier alpha value is -1.26. The maximum atomic E-state index is 11.7. The summed E-state index contributed by atoms with van der Waals surface area (Å²) in [4.78, 5) is 0. The number of hydrogen-bond acceptors (Lipinski definition) is 1. The Kier molecular flexibility index (Phi) is 4.44. The van der Waals surface area contributed by atoms with E-state index in [-0.39, 0.29) is 5.41 Å². The predicted octanol–water partition coefficient (Wildman–Crippen LogP) is 6.20. The minimum atomic E-state index is -0.817. The normalized spacial score (nSPS) is 47.2. The maximum absolute atomic E-state index is 11.7. The average Bonchev–Trinajstić information content (AvgIpc) is 2.98. The molecule has 1 N–H and O–H groups in total. The van der Waals surface area contributed by atoms with Gasteiger partial charge in [0.2, 0.25) is 0 Å². The molecule has 5 rings (SSSR count). The van der Waals surface area contributed by atoms with Crippen molar-refractivity contribution in [3.63, 3.8) is 0 Å². The van der Waals surface area contributed by atoms with Gasteiger partial charge in [0.1, 0.15) is 5.60 Å². The van der Waals surface area contributed by atoms with Crippen LogP contribution in [0.4, 0.5) is 0 Å². The number of benzene rings is 1. The van der Waals surface area contributed by atoms with Gasteiger partial charge in [-0.3, -0.25) is 0 Å². The molecule has 4 aliphatic rings. The minimum absolute atomic E-state index is 0.0339. The van der Waals surface area contributed by atoms with Gasteiger partial charge in [-0.15, -0.1) is 0 Å². The summed E-state index contributed by atoms with van der Waals surface area (Å²) in [5.74, 6) is 10.0. The van der Waals surface area contributed by atoms with Gasteiger partial charge >= 0.3 is 0 Å². The summed E-state index contributed by atoms with van der Waals surface area (Å²) in [5.41, 5.74) is 0.738. The van der Waals surface area contributed by atoms with Gasteiger partial charge < -0.3 is 5.11 Å². The molecule has 4 fully saturated rings. The van der Waals surface area contributed by atoms with Crippen molar-refractivity contribution in [3.05, 3.63) is 35.9 Å². The van der Waals surface area contributed by atoms with Crippen LogP contribution in [0.5, 0.6) is 0 Å². The van der Waals surface area contributed by atoms with Crippen molar-refractivity contribution in [2.24, 2.45) is 34.5 Å². The van der Waals surface area contributed by atoms with E-state index in [1.54, 1.807) is 0 Å². The molecule has 0 spiro atoms. The van der Waals surface area contributed by atoms with Crippen molar-refractivity contribution >= 4 is 0 Å². The van der Waals surface area contributed by atoms with E-state index in [2.05, 4.69) is 25.7 Å². The Balaban J connectivity index is 1.43. The smallest absolute Gasteiger partial charge is 0.131 e. The summed E-state index contributed by atoms with van der Waals surface area (Å²) in [6.07, 6.45) is 13.1. The van der Waals surface area contributed by atoms with Crippen LogP contribution < -0.4 is 0 Å². The highest BCUT2D eigenvalue weighted by atomic mass is 16.3. The van der Waals surface area contributed by atoms with Crippen molar-refractivity contribution in [1.29, 1.82) is 0 Å². The lowest BCUT2D eigenvalue weighted by atomic mass is 9.44. The van der Waals surface area contributed by atoms with Crippen molar-refractivity contribution in [2.75, 3.05) is 0 Å². The highest BCUT2D eigenvalue weighted by Crippen LogP contribution is 2.68. The SMILES string of the molecule is C[C@@]12CCCC[C@H]1CC[C@H]1[C@H]3CC[C@](O)(C#Cc4ccccc4)[C@]3(C)CC[C@@H]12. The molecule has 0 heterocycles. The maximum Gasteiger partial charge on any atom is 0.131 e. The van der Waals surface area contributed by atoms with Gasteiger partial charge in [-0.2, -0.15) is 0 Å². The lowest BCUT2D eigenvalue weighted by Crippen LogP contribution is -2.55. The summed E-state index contributed by atoms with van der Waals surface area (Å²) >= 11 is 0. The Labute approximate surface area is 171 Å². The highest BCUT2D eigenvalue weighted by Gasteiger charge is 2.64. The fourth-order valence-corrected chi connectivity index (χ4v) is 8.21. The molecule has 0 radical (unpaired) electrons. The lowest BCUT2D eigenvalue weighted by molar-refractivity contribution is -0.134. The molecule has 28 heavy (non-hydrogen) atoms. The fraction of sp³-hybridized carbons (Fsp3) is 0.704. The topological polar surface area (TPSA) is 20.2 Å². The van der Waals surface area contributed by atoms with Crippen LogP contribution in [0.2, 0.25) is 0 Å². The molecule has 7 atom stereocenters. The second-order valence-corrected chi connectivity index (χ2v) is 10.9. The van der Waals surface area contributed by atoms with E-state index in [1.165, 1.54) is 51.4 Å². The number of aliphatic hydroxyl groups is 1. The molecule has 0 amide bonds. The Morgan fingerprint density at radius 2 is 1.64 bits per heavy atom. The van der Waals surface area contributed by atoms with Crippen LogP contribution in [0.1, 0.15) is 83.6 Å². The van der Waals surface area contributed by atoms with Gasteiger partial charge in [0.15, 0.2) is 0 Å². The zero-order valence-corrected chi connectivity index (χ0v) is 17.7. The number of fused-ring (bicyclic) bond motifs is 5. The third kappa shape index (κ3) is 2.64. The molecule has 1 nitrogen and oxygen atoms in total. The summed E-state index contributed by atoms with van der Waals surface area (Å²) in [7, 11) is 0. The van der Waals surface area contributed by atoms with E-state index in [1.807, 2.05) is 30.3 Å². The van der Waals surface area contributed by atoms with Crippen LogP contribution in [0.15, 0.2) is 30.3 Å². The zero-order valence-electron chi connectivity index (χ0n) is 17.7.